The molecule has 0 saturated carbocycles. The first-order chi connectivity index (χ1) is 2.83. The largest absolute Gasteiger partial charge is 0.412 e. The summed E-state index contributed by atoms with van der Waals surface area (Å²) in [6, 6.07) is 0. The van der Waals surface area contributed by atoms with Gasteiger partial charge in [-0.15, -0.1) is 0 Å². The highest BCUT2D eigenvalue weighted by atomic mass is 16.3. The second-order valence-electron chi connectivity index (χ2n) is 0.632. The Balaban J connectivity index is -0.0000000400. The van der Waals surface area contributed by atoms with Crippen LogP contribution in [0.1, 0.15) is 13.8 Å². The predicted molar refractivity (Wildman–Crippen MR) is 29.1 cm³/mol. The van der Waals surface area contributed by atoms with Gasteiger partial charge < -0.3 is 15.7 Å². The van der Waals surface area contributed by atoms with E-state index >= 15 is 0 Å². The summed E-state index contributed by atoms with van der Waals surface area (Å²) in [7, 11) is 0. The highest BCUT2D eigenvalue weighted by Crippen LogP contribution is 1.30. The van der Waals surface area contributed by atoms with Gasteiger partial charge in [-0.25, -0.2) is 0 Å². The maximum Gasteiger partial charge on any atom is 0.0402 e. The summed E-state index contributed by atoms with van der Waals surface area (Å²) in [5.74, 6) is 0. The van der Waals surface area contributed by atoms with Crippen molar-refractivity contribution in [2.45, 2.75) is 13.8 Å². The van der Waals surface area contributed by atoms with Crippen LogP contribution in [0.15, 0.2) is 0 Å². The average molecular weight is 110 g/mol. The van der Waals surface area contributed by atoms with Crippen LogP contribution in [0.5, 0.6) is 0 Å². The third-order valence-corrected chi connectivity index (χ3v) is 0. The molecule has 4 N–H and O–H groups in total. The van der Waals surface area contributed by atoms with Crippen molar-refractivity contribution in [3.05, 3.63) is 0 Å². The van der Waals surface area contributed by atoms with Crippen LogP contribution in [0.2, 0.25) is 0 Å². The van der Waals surface area contributed by atoms with E-state index in [0.29, 0.717) is 0 Å². The summed E-state index contributed by atoms with van der Waals surface area (Å²) < 4.78 is 0. The molecule has 0 unspecified atom stereocenters. The van der Waals surface area contributed by atoms with E-state index in [-0.39, 0.29) is 18.7 Å². The van der Waals surface area contributed by atoms with Gasteiger partial charge in [0.15, 0.2) is 0 Å². The minimum atomic E-state index is 0. The minimum absolute atomic E-state index is 0. The van der Waals surface area contributed by atoms with Gasteiger partial charge in [0.05, 0.1) is 0 Å². The number of aliphatic hydroxyl groups is 2. The van der Waals surface area contributed by atoms with Gasteiger partial charge in [0, 0.05) is 13.2 Å². The van der Waals surface area contributed by atoms with Crippen molar-refractivity contribution < 1.29 is 15.7 Å². The molecular weight excluding hydrogens is 96.0 g/mol. The van der Waals surface area contributed by atoms with Gasteiger partial charge in [0.2, 0.25) is 0 Å². The van der Waals surface area contributed by atoms with Gasteiger partial charge in [-0.1, -0.05) is 0 Å². The molecule has 0 radical (unpaired) electrons. The van der Waals surface area contributed by atoms with Crippen molar-refractivity contribution in [1.82, 2.24) is 0 Å². The van der Waals surface area contributed by atoms with Crippen molar-refractivity contribution in [3.63, 3.8) is 0 Å². The Morgan fingerprint density at radius 3 is 1.00 bits per heavy atom. The van der Waals surface area contributed by atoms with Crippen LogP contribution in [-0.4, -0.2) is 28.9 Å². The van der Waals surface area contributed by atoms with Crippen LogP contribution in [0.25, 0.3) is 0 Å². The zero-order valence-electron chi connectivity index (χ0n) is 4.81. The molecule has 48 valence electrons. The quantitative estimate of drug-likeness (QED) is 0.427. The predicted octanol–water partition coefficient (Wildman–Crippen LogP) is -0.827. The lowest BCUT2D eigenvalue weighted by molar-refractivity contribution is 0.318. The van der Waals surface area contributed by atoms with Crippen molar-refractivity contribution in [2.75, 3.05) is 13.2 Å². The lowest BCUT2D eigenvalue weighted by Crippen LogP contribution is -1.57. The van der Waals surface area contributed by atoms with Gasteiger partial charge in [-0.3, -0.25) is 0 Å². The second kappa shape index (κ2) is 39.6. The van der Waals surface area contributed by atoms with Crippen molar-refractivity contribution in [1.29, 1.82) is 0 Å². The molecule has 7 heavy (non-hydrogen) atoms. The SMILES string of the molecule is CCO.CCO.O. The Morgan fingerprint density at radius 2 is 1.00 bits per heavy atom. The molecular formula is C4H14O3. The van der Waals surface area contributed by atoms with E-state index in [9.17, 15) is 0 Å². The minimum Gasteiger partial charge on any atom is -0.412 e. The fraction of sp³-hybridized carbons (Fsp3) is 1.00. The first kappa shape index (κ1) is 15.8. The normalized spacial score (nSPS) is 5.14. The van der Waals surface area contributed by atoms with E-state index in [1.165, 1.54) is 0 Å². The van der Waals surface area contributed by atoms with Crippen LogP contribution in [0.4, 0.5) is 0 Å². The Morgan fingerprint density at radius 1 is 1.00 bits per heavy atom. The van der Waals surface area contributed by atoms with Crippen LogP contribution in [0, 0.1) is 0 Å². The lowest BCUT2D eigenvalue weighted by atomic mass is 10.9. The number of hydrogen-bond acceptors (Lipinski definition) is 2. The molecule has 0 aliphatic heterocycles. The van der Waals surface area contributed by atoms with E-state index in [1.807, 2.05) is 0 Å². The fourth-order valence-corrected chi connectivity index (χ4v) is 0. The molecule has 0 aromatic rings. The monoisotopic (exact) mass is 110 g/mol. The molecule has 0 heterocycles. The zero-order valence-corrected chi connectivity index (χ0v) is 4.81. The molecule has 0 aromatic carbocycles. The first-order valence-corrected chi connectivity index (χ1v) is 2.05. The Bertz CT molecular complexity index is 8.90. The standard InChI is InChI=1S/2C2H6O.H2O/c2*1-2-3;/h2*3H,2H2,1H3;1H2. The van der Waals surface area contributed by atoms with Crippen LogP contribution in [0.3, 0.4) is 0 Å². The summed E-state index contributed by atoms with van der Waals surface area (Å²) in [6.45, 7) is 3.86. The molecule has 0 atom stereocenters. The topological polar surface area (TPSA) is 72.0 Å². The average Bonchev–Trinajstić information content (AvgIpc) is 1.39. The third-order valence-electron chi connectivity index (χ3n) is 0. The number of rotatable bonds is 0. The van der Waals surface area contributed by atoms with E-state index in [2.05, 4.69) is 0 Å². The number of hydrogen-bond donors (Lipinski definition) is 2. The molecule has 0 aliphatic rings. The van der Waals surface area contributed by atoms with E-state index in [0.717, 1.165) is 0 Å². The molecule has 0 aromatic heterocycles. The van der Waals surface area contributed by atoms with Gasteiger partial charge in [-0.2, -0.15) is 0 Å². The maximum atomic E-state index is 7.57. The summed E-state index contributed by atoms with van der Waals surface area (Å²) in [5.41, 5.74) is 0. The van der Waals surface area contributed by atoms with Crippen molar-refractivity contribution in [2.24, 2.45) is 0 Å². The van der Waals surface area contributed by atoms with Gasteiger partial charge >= 0.3 is 0 Å². The van der Waals surface area contributed by atoms with Crippen molar-refractivity contribution >= 4 is 0 Å². The second-order valence-corrected chi connectivity index (χ2v) is 0.632. The van der Waals surface area contributed by atoms with E-state index < -0.39 is 0 Å². The highest BCUT2D eigenvalue weighted by molar-refractivity contribution is 3.84. The lowest BCUT2D eigenvalue weighted by Gasteiger charge is -1.52. The van der Waals surface area contributed by atoms with Gasteiger partial charge in [0.25, 0.3) is 0 Å². The molecule has 3 heteroatoms. The molecule has 0 spiro atoms. The summed E-state index contributed by atoms with van der Waals surface area (Å²) in [5, 5.41) is 15.1. The smallest absolute Gasteiger partial charge is 0.0402 e. The Labute approximate surface area is 43.9 Å². The highest BCUT2D eigenvalue weighted by Gasteiger charge is 1.34. The first-order valence-electron chi connectivity index (χ1n) is 2.05. The van der Waals surface area contributed by atoms with Crippen LogP contribution >= 0.6 is 0 Å². The maximum absolute atomic E-state index is 7.57. The molecule has 0 saturated heterocycles. The molecule has 3 nitrogen and oxygen atoms in total. The summed E-state index contributed by atoms with van der Waals surface area (Å²) >= 11 is 0. The summed E-state index contributed by atoms with van der Waals surface area (Å²) in [6.07, 6.45) is 0. The van der Waals surface area contributed by atoms with Gasteiger partial charge in [-0.05, 0) is 13.8 Å². The molecule has 0 fully saturated rings. The van der Waals surface area contributed by atoms with E-state index in [1.54, 1.807) is 13.8 Å². The Kier molecular flexibility index (Phi) is 89.4. The summed E-state index contributed by atoms with van der Waals surface area (Å²) in [4.78, 5) is 0. The molecule has 0 aliphatic carbocycles. The van der Waals surface area contributed by atoms with E-state index in [4.69, 9.17) is 10.2 Å². The fourth-order valence-electron chi connectivity index (χ4n) is 0. The number of aliphatic hydroxyl groups excluding tert-OH is 2. The zero-order chi connectivity index (χ0) is 5.41. The van der Waals surface area contributed by atoms with Gasteiger partial charge in [0.1, 0.15) is 0 Å². The van der Waals surface area contributed by atoms with Crippen LogP contribution in [-0.2, 0) is 0 Å². The Hall–Kier alpha value is -0.120. The third kappa shape index (κ3) is 6150. The molecule has 0 rings (SSSR count). The molecule has 0 amide bonds. The van der Waals surface area contributed by atoms with Crippen LogP contribution < -0.4 is 0 Å². The van der Waals surface area contributed by atoms with Crippen molar-refractivity contribution in [3.8, 4) is 0 Å². The molecule has 0 bridgehead atoms.